The highest BCUT2D eigenvalue weighted by Gasteiger charge is 2.28. The van der Waals surface area contributed by atoms with Crippen LogP contribution < -0.4 is 10.1 Å². The zero-order valence-corrected chi connectivity index (χ0v) is 19.3. The molecule has 0 heterocycles. The van der Waals surface area contributed by atoms with E-state index < -0.39 is 6.04 Å². The van der Waals surface area contributed by atoms with E-state index in [2.05, 4.69) is 19.2 Å². The molecular formula is C26H36N2O3. The van der Waals surface area contributed by atoms with Gasteiger partial charge in [-0.3, -0.25) is 9.59 Å². The van der Waals surface area contributed by atoms with Gasteiger partial charge < -0.3 is 15.0 Å². The number of carbonyl (C=O) groups is 2. The van der Waals surface area contributed by atoms with Gasteiger partial charge in [0.25, 0.3) is 0 Å². The number of rotatable bonds is 12. The summed E-state index contributed by atoms with van der Waals surface area (Å²) in [5.74, 6) is 1.05. The van der Waals surface area contributed by atoms with Gasteiger partial charge in [-0.2, -0.15) is 0 Å². The van der Waals surface area contributed by atoms with Crippen LogP contribution in [0.25, 0.3) is 0 Å². The van der Waals surface area contributed by atoms with Gasteiger partial charge in [-0.1, -0.05) is 68.8 Å². The van der Waals surface area contributed by atoms with E-state index in [9.17, 15) is 9.59 Å². The summed E-state index contributed by atoms with van der Waals surface area (Å²) in [5.41, 5.74) is 2.20. The molecular weight excluding hydrogens is 388 g/mol. The molecule has 5 nitrogen and oxygen atoms in total. The van der Waals surface area contributed by atoms with Crippen molar-refractivity contribution in [3.63, 3.8) is 0 Å². The highest BCUT2D eigenvalue weighted by Crippen LogP contribution is 2.16. The van der Waals surface area contributed by atoms with Crippen molar-refractivity contribution in [3.05, 3.63) is 65.7 Å². The van der Waals surface area contributed by atoms with Gasteiger partial charge >= 0.3 is 0 Å². The van der Waals surface area contributed by atoms with Crippen LogP contribution in [0.3, 0.4) is 0 Å². The van der Waals surface area contributed by atoms with Crippen LogP contribution in [0.2, 0.25) is 0 Å². The molecule has 2 aromatic rings. The van der Waals surface area contributed by atoms with Crippen LogP contribution in [-0.4, -0.2) is 35.9 Å². The van der Waals surface area contributed by atoms with Crippen LogP contribution in [-0.2, 0) is 16.1 Å². The van der Waals surface area contributed by atoms with Gasteiger partial charge in [0, 0.05) is 19.5 Å². The zero-order valence-electron chi connectivity index (χ0n) is 19.3. The Morgan fingerprint density at radius 1 is 1.03 bits per heavy atom. The first-order valence-electron chi connectivity index (χ1n) is 11.2. The van der Waals surface area contributed by atoms with Gasteiger partial charge in [-0.15, -0.1) is 0 Å². The largest absolute Gasteiger partial charge is 0.494 e. The molecule has 0 fully saturated rings. The molecule has 1 N–H and O–H groups in total. The summed E-state index contributed by atoms with van der Waals surface area (Å²) in [7, 11) is 0. The SMILES string of the molecule is CC[C@H](C(=O)NCC(C)C)N(Cc1ccccc1)C(=O)CCCOc1ccc(C)cc1. The van der Waals surface area contributed by atoms with Crippen LogP contribution in [0.1, 0.15) is 51.2 Å². The fourth-order valence-electron chi connectivity index (χ4n) is 3.31. The second-order valence-electron chi connectivity index (χ2n) is 8.34. The fourth-order valence-corrected chi connectivity index (χ4v) is 3.31. The molecule has 0 saturated carbocycles. The number of nitrogens with one attached hydrogen (secondary N) is 1. The lowest BCUT2D eigenvalue weighted by molar-refractivity contribution is -0.141. The normalized spacial score (nSPS) is 11.8. The van der Waals surface area contributed by atoms with Crippen molar-refractivity contribution in [1.29, 1.82) is 0 Å². The summed E-state index contributed by atoms with van der Waals surface area (Å²) >= 11 is 0. The summed E-state index contributed by atoms with van der Waals surface area (Å²) in [6.45, 7) is 9.59. The number of hydrogen-bond donors (Lipinski definition) is 1. The second kappa shape index (κ2) is 12.8. The minimum absolute atomic E-state index is 0.0251. The maximum absolute atomic E-state index is 13.1. The lowest BCUT2D eigenvalue weighted by Gasteiger charge is -2.31. The van der Waals surface area contributed by atoms with E-state index in [1.54, 1.807) is 4.90 Å². The van der Waals surface area contributed by atoms with Crippen molar-refractivity contribution in [1.82, 2.24) is 10.2 Å². The number of carbonyl (C=O) groups excluding carboxylic acids is 2. The first kappa shape index (κ1) is 24.4. The van der Waals surface area contributed by atoms with E-state index >= 15 is 0 Å². The molecule has 0 unspecified atom stereocenters. The predicted molar refractivity (Wildman–Crippen MR) is 125 cm³/mol. The van der Waals surface area contributed by atoms with Crippen molar-refractivity contribution in [2.75, 3.05) is 13.2 Å². The topological polar surface area (TPSA) is 58.6 Å². The molecule has 0 radical (unpaired) electrons. The van der Waals surface area contributed by atoms with Crippen LogP contribution in [0.5, 0.6) is 5.75 Å². The maximum atomic E-state index is 13.1. The van der Waals surface area contributed by atoms with Crippen molar-refractivity contribution in [3.8, 4) is 5.75 Å². The molecule has 1 atom stereocenters. The molecule has 0 aliphatic heterocycles. The summed E-state index contributed by atoms with van der Waals surface area (Å²) in [6, 6.07) is 17.2. The number of nitrogens with zero attached hydrogens (tertiary/aromatic N) is 1. The number of ether oxygens (including phenoxy) is 1. The third kappa shape index (κ3) is 8.44. The van der Waals surface area contributed by atoms with Crippen LogP contribution in [0, 0.1) is 12.8 Å². The smallest absolute Gasteiger partial charge is 0.242 e. The number of hydrogen-bond acceptors (Lipinski definition) is 3. The summed E-state index contributed by atoms with van der Waals surface area (Å²) in [5, 5.41) is 2.99. The molecule has 5 heteroatoms. The van der Waals surface area contributed by atoms with Gasteiger partial charge in [0.2, 0.25) is 11.8 Å². The van der Waals surface area contributed by atoms with E-state index in [4.69, 9.17) is 4.74 Å². The van der Waals surface area contributed by atoms with Gasteiger partial charge in [-0.05, 0) is 43.4 Å². The Morgan fingerprint density at radius 2 is 1.71 bits per heavy atom. The maximum Gasteiger partial charge on any atom is 0.242 e. The molecule has 0 spiro atoms. The van der Waals surface area contributed by atoms with Crippen molar-refractivity contribution in [2.24, 2.45) is 5.92 Å². The average Bonchev–Trinajstić information content (AvgIpc) is 2.77. The van der Waals surface area contributed by atoms with Crippen molar-refractivity contribution < 1.29 is 14.3 Å². The molecule has 2 amide bonds. The molecule has 31 heavy (non-hydrogen) atoms. The predicted octanol–water partition coefficient (Wildman–Crippen LogP) is 4.73. The lowest BCUT2D eigenvalue weighted by Crippen LogP contribution is -2.49. The molecule has 168 valence electrons. The van der Waals surface area contributed by atoms with Crippen LogP contribution in [0.4, 0.5) is 0 Å². The number of benzene rings is 2. The quantitative estimate of drug-likeness (QED) is 0.501. The highest BCUT2D eigenvalue weighted by atomic mass is 16.5. The van der Waals surface area contributed by atoms with E-state index in [-0.39, 0.29) is 11.8 Å². The standard InChI is InChI=1S/C26H36N2O3/c1-5-24(26(30)27-18-20(2)3)28(19-22-10-7-6-8-11-22)25(29)12-9-17-31-23-15-13-21(4)14-16-23/h6-8,10-11,13-16,20,24H,5,9,12,17-19H2,1-4H3,(H,27,30)/t24-/m1/s1. The fraction of sp³-hybridized carbons (Fsp3) is 0.462. The summed E-state index contributed by atoms with van der Waals surface area (Å²) in [4.78, 5) is 27.7. The van der Waals surface area contributed by atoms with E-state index in [1.807, 2.05) is 68.4 Å². The molecule has 2 rings (SSSR count). The Hall–Kier alpha value is -2.82. The monoisotopic (exact) mass is 424 g/mol. The minimum atomic E-state index is -0.482. The molecule has 0 aliphatic carbocycles. The average molecular weight is 425 g/mol. The summed E-state index contributed by atoms with van der Waals surface area (Å²) < 4.78 is 5.76. The Bertz CT molecular complexity index is 803. The number of aryl methyl sites for hydroxylation is 1. The first-order valence-corrected chi connectivity index (χ1v) is 11.2. The molecule has 0 aliphatic rings. The van der Waals surface area contributed by atoms with E-state index in [1.165, 1.54) is 5.56 Å². The molecule has 0 aromatic heterocycles. The molecule has 0 bridgehead atoms. The third-order valence-corrected chi connectivity index (χ3v) is 5.09. The Labute approximate surface area is 186 Å². The third-order valence-electron chi connectivity index (χ3n) is 5.09. The van der Waals surface area contributed by atoms with Gasteiger partial charge in [0.1, 0.15) is 11.8 Å². The van der Waals surface area contributed by atoms with Crippen molar-refractivity contribution in [2.45, 2.75) is 59.5 Å². The molecule has 2 aromatic carbocycles. The molecule has 0 saturated heterocycles. The highest BCUT2D eigenvalue weighted by molar-refractivity contribution is 5.87. The first-order chi connectivity index (χ1) is 14.9. The lowest BCUT2D eigenvalue weighted by atomic mass is 10.1. The van der Waals surface area contributed by atoms with Gasteiger partial charge in [0.05, 0.1) is 6.61 Å². The van der Waals surface area contributed by atoms with Gasteiger partial charge in [-0.25, -0.2) is 0 Å². The number of amides is 2. The summed E-state index contributed by atoms with van der Waals surface area (Å²) in [6.07, 6.45) is 1.51. The van der Waals surface area contributed by atoms with Crippen LogP contribution in [0.15, 0.2) is 54.6 Å². The Morgan fingerprint density at radius 3 is 2.32 bits per heavy atom. The second-order valence-corrected chi connectivity index (χ2v) is 8.34. The van der Waals surface area contributed by atoms with E-state index in [0.717, 1.165) is 11.3 Å². The van der Waals surface area contributed by atoms with E-state index in [0.29, 0.717) is 44.9 Å². The van der Waals surface area contributed by atoms with Gasteiger partial charge in [0.15, 0.2) is 0 Å². The Kier molecular flexibility index (Phi) is 10.1. The van der Waals surface area contributed by atoms with Crippen molar-refractivity contribution >= 4 is 11.8 Å². The minimum Gasteiger partial charge on any atom is -0.494 e. The Balaban J connectivity index is 2.00. The zero-order chi connectivity index (χ0) is 22.6. The van der Waals surface area contributed by atoms with Crippen LogP contribution >= 0.6 is 0 Å².